The Morgan fingerprint density at radius 1 is 1.21 bits per heavy atom. The van der Waals surface area contributed by atoms with Crippen molar-refractivity contribution < 1.29 is 9.53 Å². The van der Waals surface area contributed by atoms with E-state index in [-0.39, 0.29) is 11.9 Å². The molecule has 3 rings (SSSR count). The van der Waals surface area contributed by atoms with E-state index in [9.17, 15) is 4.79 Å². The molecule has 2 aliphatic rings. The third kappa shape index (κ3) is 6.45. The summed E-state index contributed by atoms with van der Waals surface area (Å²) in [6, 6.07) is 8.19. The molecule has 6 heteroatoms. The molecule has 1 aliphatic heterocycles. The summed E-state index contributed by atoms with van der Waals surface area (Å²) in [5.74, 6) is 0.904. The summed E-state index contributed by atoms with van der Waals surface area (Å²) < 4.78 is 5.06. The normalized spacial score (nSPS) is 23.8. The molecule has 2 atom stereocenters. The van der Waals surface area contributed by atoms with Gasteiger partial charge in [0.2, 0.25) is 5.91 Å². The van der Waals surface area contributed by atoms with Gasteiger partial charge in [0.05, 0.1) is 12.6 Å². The maximum atomic E-state index is 12.8. The number of nitrogens with one attached hydrogen (secondary N) is 2. The van der Waals surface area contributed by atoms with Crippen molar-refractivity contribution in [2.24, 2.45) is 5.92 Å². The van der Waals surface area contributed by atoms with E-state index in [2.05, 4.69) is 15.5 Å². The highest BCUT2D eigenvalue weighted by Gasteiger charge is 2.36. The van der Waals surface area contributed by atoms with Gasteiger partial charge in [-0.2, -0.15) is 0 Å². The Morgan fingerprint density at radius 2 is 1.96 bits per heavy atom. The van der Waals surface area contributed by atoms with Gasteiger partial charge in [-0.15, -0.1) is 0 Å². The van der Waals surface area contributed by atoms with Crippen LogP contribution in [0.15, 0.2) is 24.3 Å². The third-order valence-corrected chi connectivity index (χ3v) is 6.28. The quantitative estimate of drug-likeness (QED) is 0.617. The number of methoxy groups -OCH3 is 1. The highest BCUT2D eigenvalue weighted by Crippen LogP contribution is 2.25. The number of carbonyl (C=O) groups is 1. The summed E-state index contributed by atoms with van der Waals surface area (Å²) in [6.07, 6.45) is 7.66. The molecule has 1 aromatic rings. The Kier molecular flexibility index (Phi) is 8.59. The highest BCUT2D eigenvalue weighted by molar-refractivity contribution is 6.30. The topological polar surface area (TPSA) is 53.6 Å². The van der Waals surface area contributed by atoms with Crippen LogP contribution in [0.1, 0.15) is 44.1 Å². The van der Waals surface area contributed by atoms with Crippen LogP contribution in [0.3, 0.4) is 0 Å². The van der Waals surface area contributed by atoms with Crippen molar-refractivity contribution in [2.75, 3.05) is 33.4 Å². The maximum Gasteiger partial charge on any atom is 0.237 e. The molecule has 1 aromatic carbocycles. The van der Waals surface area contributed by atoms with E-state index >= 15 is 0 Å². The number of rotatable bonds is 9. The van der Waals surface area contributed by atoms with Gasteiger partial charge in [-0.1, -0.05) is 43.0 Å². The van der Waals surface area contributed by atoms with Gasteiger partial charge in [0, 0.05) is 37.8 Å². The van der Waals surface area contributed by atoms with Crippen LogP contribution in [0.4, 0.5) is 0 Å². The Morgan fingerprint density at radius 3 is 2.68 bits per heavy atom. The average Bonchev–Trinajstić information content (AvgIpc) is 3.12. The van der Waals surface area contributed by atoms with E-state index < -0.39 is 0 Å². The number of nitrogens with zero attached hydrogens (tertiary/aromatic N) is 1. The largest absolute Gasteiger partial charge is 0.383 e. The summed E-state index contributed by atoms with van der Waals surface area (Å²) in [4.78, 5) is 15.1. The van der Waals surface area contributed by atoms with Crippen LogP contribution in [0.5, 0.6) is 0 Å². The van der Waals surface area contributed by atoms with Gasteiger partial charge in [0.25, 0.3) is 0 Å². The van der Waals surface area contributed by atoms with Crippen molar-refractivity contribution >= 4 is 17.5 Å². The molecular weight excluding hydrogens is 374 g/mol. The molecule has 2 fully saturated rings. The van der Waals surface area contributed by atoms with Crippen molar-refractivity contribution in [2.45, 2.75) is 57.2 Å². The highest BCUT2D eigenvalue weighted by atomic mass is 35.5. The van der Waals surface area contributed by atoms with Crippen molar-refractivity contribution in [3.8, 4) is 0 Å². The first-order valence-corrected chi connectivity index (χ1v) is 11.0. The van der Waals surface area contributed by atoms with Gasteiger partial charge in [-0.05, 0) is 49.4 Å². The van der Waals surface area contributed by atoms with Gasteiger partial charge in [-0.25, -0.2) is 0 Å². The number of likely N-dealkylation sites (tertiary alicyclic amines) is 1. The number of carbonyl (C=O) groups excluding carboxylic acids is 1. The molecule has 0 radical (unpaired) electrons. The number of hydrogen-bond acceptors (Lipinski definition) is 4. The minimum atomic E-state index is -0.101. The molecule has 0 bridgehead atoms. The lowest BCUT2D eigenvalue weighted by Crippen LogP contribution is -2.43. The van der Waals surface area contributed by atoms with Gasteiger partial charge in [0.1, 0.15) is 0 Å². The molecule has 1 amide bonds. The molecule has 1 saturated carbocycles. The Hall–Kier alpha value is -1.14. The number of hydrogen-bond donors (Lipinski definition) is 2. The van der Waals surface area contributed by atoms with Crippen LogP contribution < -0.4 is 10.6 Å². The number of benzene rings is 1. The molecule has 1 heterocycles. The lowest BCUT2D eigenvalue weighted by atomic mass is 9.89. The first kappa shape index (κ1) is 21.6. The first-order valence-electron chi connectivity index (χ1n) is 10.6. The summed E-state index contributed by atoms with van der Waals surface area (Å²) in [5.41, 5.74) is 1.19. The minimum absolute atomic E-state index is 0.101. The Labute approximate surface area is 174 Å². The second-order valence-electron chi connectivity index (χ2n) is 8.20. The Balaban J connectivity index is 1.57. The Bertz CT molecular complexity index is 604. The molecule has 2 N–H and O–H groups in total. The third-order valence-electron chi connectivity index (χ3n) is 6.03. The second kappa shape index (κ2) is 11.1. The van der Waals surface area contributed by atoms with Gasteiger partial charge in [-0.3, -0.25) is 9.69 Å². The van der Waals surface area contributed by atoms with E-state index in [1.807, 2.05) is 24.3 Å². The zero-order valence-electron chi connectivity index (χ0n) is 17.0. The molecule has 28 heavy (non-hydrogen) atoms. The molecule has 0 spiro atoms. The standard InChI is InChI=1S/C22H34ClN3O2/c1-28-12-11-24-22(27)21-13-20(25-14-17-5-3-2-4-6-17)16-26(21)15-18-7-9-19(23)10-8-18/h7-10,17,20-21,25H,2-6,11-16H2,1H3,(H,24,27)/t20-,21-/m0/s1. The number of amides is 1. The number of halogens is 1. The monoisotopic (exact) mass is 407 g/mol. The predicted molar refractivity (Wildman–Crippen MR) is 114 cm³/mol. The molecule has 5 nitrogen and oxygen atoms in total. The van der Waals surface area contributed by atoms with E-state index in [0.717, 1.165) is 37.0 Å². The van der Waals surface area contributed by atoms with E-state index in [4.69, 9.17) is 16.3 Å². The summed E-state index contributed by atoms with van der Waals surface area (Å²) in [5, 5.41) is 7.52. The molecule has 1 aliphatic carbocycles. The fraction of sp³-hybridized carbons (Fsp3) is 0.682. The molecule has 0 aromatic heterocycles. The van der Waals surface area contributed by atoms with Gasteiger partial charge < -0.3 is 15.4 Å². The summed E-state index contributed by atoms with van der Waals surface area (Å²) in [6.45, 7) is 3.84. The van der Waals surface area contributed by atoms with Crippen molar-refractivity contribution in [1.82, 2.24) is 15.5 Å². The van der Waals surface area contributed by atoms with Crippen molar-refractivity contribution in [3.63, 3.8) is 0 Å². The zero-order chi connectivity index (χ0) is 19.8. The average molecular weight is 408 g/mol. The lowest BCUT2D eigenvalue weighted by Gasteiger charge is -2.24. The predicted octanol–water partition coefficient (Wildman–Crippen LogP) is 3.22. The SMILES string of the molecule is COCCNC(=O)[C@@H]1C[C@H](NCC2CCCCC2)CN1Cc1ccc(Cl)cc1. The van der Waals surface area contributed by atoms with E-state index in [0.29, 0.717) is 19.2 Å². The van der Waals surface area contributed by atoms with Crippen LogP contribution in [0.2, 0.25) is 5.02 Å². The minimum Gasteiger partial charge on any atom is -0.383 e. The molecule has 156 valence electrons. The smallest absolute Gasteiger partial charge is 0.237 e. The van der Waals surface area contributed by atoms with Crippen LogP contribution in [-0.2, 0) is 16.1 Å². The zero-order valence-corrected chi connectivity index (χ0v) is 17.7. The van der Waals surface area contributed by atoms with Gasteiger partial charge >= 0.3 is 0 Å². The second-order valence-corrected chi connectivity index (χ2v) is 8.64. The van der Waals surface area contributed by atoms with Crippen LogP contribution in [0.25, 0.3) is 0 Å². The molecule has 1 saturated heterocycles. The lowest BCUT2D eigenvalue weighted by molar-refractivity contribution is -0.125. The molecule has 0 unspecified atom stereocenters. The van der Waals surface area contributed by atoms with Crippen molar-refractivity contribution in [3.05, 3.63) is 34.9 Å². The van der Waals surface area contributed by atoms with Crippen LogP contribution in [-0.4, -0.2) is 56.2 Å². The molecular formula is C22H34ClN3O2. The summed E-state index contributed by atoms with van der Waals surface area (Å²) >= 11 is 6.02. The first-order chi connectivity index (χ1) is 13.7. The van der Waals surface area contributed by atoms with Gasteiger partial charge in [0.15, 0.2) is 0 Å². The van der Waals surface area contributed by atoms with Crippen molar-refractivity contribution in [1.29, 1.82) is 0 Å². The van der Waals surface area contributed by atoms with Crippen LogP contribution in [0, 0.1) is 5.92 Å². The fourth-order valence-electron chi connectivity index (χ4n) is 4.44. The maximum absolute atomic E-state index is 12.8. The van der Waals surface area contributed by atoms with E-state index in [1.54, 1.807) is 7.11 Å². The van der Waals surface area contributed by atoms with E-state index in [1.165, 1.54) is 37.7 Å². The summed E-state index contributed by atoms with van der Waals surface area (Å²) in [7, 11) is 1.65. The van der Waals surface area contributed by atoms with Crippen LogP contribution >= 0.6 is 11.6 Å². The number of ether oxygens (including phenoxy) is 1. The fourth-order valence-corrected chi connectivity index (χ4v) is 4.57.